The Labute approximate surface area is 126 Å². The van der Waals surface area contributed by atoms with Crippen molar-refractivity contribution in [2.24, 2.45) is 5.84 Å². The Hall–Kier alpha value is -1.05. The minimum atomic E-state index is 0.374. The van der Waals surface area contributed by atoms with E-state index in [9.17, 15) is 0 Å². The van der Waals surface area contributed by atoms with Crippen molar-refractivity contribution in [3.8, 4) is 0 Å². The number of fused-ring (bicyclic) bond motifs is 1. The average Bonchev–Trinajstić information content (AvgIpc) is 2.78. The van der Waals surface area contributed by atoms with E-state index in [1.165, 1.54) is 24.1 Å². The van der Waals surface area contributed by atoms with Gasteiger partial charge >= 0.3 is 0 Å². The van der Waals surface area contributed by atoms with Crippen LogP contribution >= 0.6 is 23.1 Å². The molecule has 1 fully saturated rings. The molecular formula is C13H19N5S2. The van der Waals surface area contributed by atoms with Crippen LogP contribution in [0.1, 0.15) is 24.1 Å². The summed E-state index contributed by atoms with van der Waals surface area (Å²) in [6.07, 6.45) is 6.08. The van der Waals surface area contributed by atoms with Crippen molar-refractivity contribution in [1.29, 1.82) is 0 Å². The van der Waals surface area contributed by atoms with Crippen LogP contribution in [0, 0.1) is 6.92 Å². The van der Waals surface area contributed by atoms with E-state index in [2.05, 4.69) is 40.0 Å². The van der Waals surface area contributed by atoms with Crippen LogP contribution in [0.2, 0.25) is 0 Å². The summed E-state index contributed by atoms with van der Waals surface area (Å²) in [5.74, 6) is 6.81. The van der Waals surface area contributed by atoms with Crippen molar-refractivity contribution < 1.29 is 0 Å². The maximum absolute atomic E-state index is 5.46. The maximum atomic E-state index is 5.46. The van der Waals surface area contributed by atoms with E-state index in [1.807, 2.05) is 11.8 Å². The van der Waals surface area contributed by atoms with Crippen LogP contribution in [-0.2, 0) is 0 Å². The number of hydrogen-bond acceptors (Lipinski definition) is 7. The van der Waals surface area contributed by atoms with Gasteiger partial charge in [0.25, 0.3) is 0 Å². The van der Waals surface area contributed by atoms with Crippen molar-refractivity contribution in [1.82, 2.24) is 9.97 Å². The van der Waals surface area contributed by atoms with Gasteiger partial charge in [0.1, 0.15) is 10.6 Å². The molecule has 0 aromatic carbocycles. The SMILES string of the molecule is CSC1(CNc2nc(NN)nc3sc(C)cc23)CCC1. The maximum Gasteiger partial charge on any atom is 0.240 e. The van der Waals surface area contributed by atoms with E-state index in [4.69, 9.17) is 5.84 Å². The summed E-state index contributed by atoms with van der Waals surface area (Å²) in [4.78, 5) is 11.1. The predicted octanol–water partition coefficient (Wildman–Crippen LogP) is 2.98. The molecule has 0 radical (unpaired) electrons. The Morgan fingerprint density at radius 3 is 2.85 bits per heavy atom. The van der Waals surface area contributed by atoms with Crippen molar-refractivity contribution >= 4 is 45.1 Å². The molecule has 0 aliphatic heterocycles. The molecule has 4 N–H and O–H groups in total. The van der Waals surface area contributed by atoms with Crippen molar-refractivity contribution in [3.63, 3.8) is 0 Å². The molecule has 3 rings (SSSR count). The molecule has 0 saturated heterocycles. The number of thiophene rings is 1. The van der Waals surface area contributed by atoms with Crippen LogP contribution in [0.5, 0.6) is 0 Å². The zero-order valence-corrected chi connectivity index (χ0v) is 13.3. The molecule has 2 aromatic rings. The topological polar surface area (TPSA) is 75.9 Å². The summed E-state index contributed by atoms with van der Waals surface area (Å²) in [5.41, 5.74) is 2.55. The van der Waals surface area contributed by atoms with Crippen LogP contribution in [0.25, 0.3) is 10.2 Å². The number of aromatic nitrogens is 2. The van der Waals surface area contributed by atoms with Gasteiger partial charge in [-0.1, -0.05) is 6.42 Å². The predicted molar refractivity (Wildman–Crippen MR) is 88.5 cm³/mol. The molecule has 0 atom stereocenters. The van der Waals surface area contributed by atoms with Gasteiger partial charge in [-0.05, 0) is 32.1 Å². The molecule has 1 aliphatic carbocycles. The van der Waals surface area contributed by atoms with Gasteiger partial charge in [-0.3, -0.25) is 5.43 Å². The van der Waals surface area contributed by atoms with Gasteiger partial charge in [0.15, 0.2) is 0 Å². The van der Waals surface area contributed by atoms with Crippen molar-refractivity contribution in [2.75, 3.05) is 23.5 Å². The molecule has 0 amide bonds. The highest BCUT2D eigenvalue weighted by Gasteiger charge is 2.36. The molecule has 7 heteroatoms. The van der Waals surface area contributed by atoms with Gasteiger partial charge in [0.05, 0.1) is 5.39 Å². The number of hydrogen-bond donors (Lipinski definition) is 3. The fourth-order valence-electron chi connectivity index (χ4n) is 2.51. The molecule has 1 aliphatic rings. The summed E-state index contributed by atoms with van der Waals surface area (Å²) in [6.45, 7) is 3.03. The van der Waals surface area contributed by atoms with Crippen LogP contribution in [0.15, 0.2) is 6.07 Å². The van der Waals surface area contributed by atoms with Crippen LogP contribution in [0.4, 0.5) is 11.8 Å². The lowest BCUT2D eigenvalue weighted by Crippen LogP contribution is -2.40. The number of nitrogen functional groups attached to an aromatic ring is 1. The second kappa shape index (κ2) is 5.38. The molecule has 2 heterocycles. The highest BCUT2D eigenvalue weighted by atomic mass is 32.2. The summed E-state index contributed by atoms with van der Waals surface area (Å²) in [5, 5.41) is 4.59. The van der Waals surface area contributed by atoms with E-state index >= 15 is 0 Å². The minimum absolute atomic E-state index is 0.374. The quantitative estimate of drug-likeness (QED) is 0.582. The zero-order chi connectivity index (χ0) is 14.2. The Morgan fingerprint density at radius 2 is 2.25 bits per heavy atom. The lowest BCUT2D eigenvalue weighted by atomic mass is 9.84. The largest absolute Gasteiger partial charge is 0.368 e. The third kappa shape index (κ3) is 2.45. The highest BCUT2D eigenvalue weighted by Crippen LogP contribution is 2.43. The number of hydrazine groups is 1. The van der Waals surface area contributed by atoms with Crippen molar-refractivity contribution in [2.45, 2.75) is 30.9 Å². The van der Waals surface area contributed by atoms with Gasteiger partial charge in [-0.25, -0.2) is 10.8 Å². The first kappa shape index (κ1) is 13.9. The summed E-state index contributed by atoms with van der Waals surface area (Å²) in [7, 11) is 0. The smallest absolute Gasteiger partial charge is 0.240 e. The standard InChI is InChI=1S/C13H19N5S2/c1-8-6-9-10(15-7-13(19-2)4-3-5-13)16-12(18-14)17-11(9)20-8/h6H,3-5,7,14H2,1-2H3,(H2,15,16,17,18). The van der Waals surface area contributed by atoms with Crippen LogP contribution < -0.4 is 16.6 Å². The molecule has 5 nitrogen and oxygen atoms in total. The Bertz CT molecular complexity index is 615. The lowest BCUT2D eigenvalue weighted by Gasteiger charge is -2.40. The third-order valence-electron chi connectivity index (χ3n) is 3.92. The fourth-order valence-corrected chi connectivity index (χ4v) is 4.30. The fraction of sp³-hybridized carbons (Fsp3) is 0.538. The number of aryl methyl sites for hydroxylation is 1. The summed E-state index contributed by atoms with van der Waals surface area (Å²) < 4.78 is 0.374. The number of nitrogens with two attached hydrogens (primary N) is 1. The number of rotatable bonds is 5. The minimum Gasteiger partial charge on any atom is -0.368 e. The number of thioether (sulfide) groups is 1. The van der Waals surface area contributed by atoms with E-state index < -0.39 is 0 Å². The Balaban J connectivity index is 1.89. The second-order valence-electron chi connectivity index (χ2n) is 5.21. The molecular weight excluding hydrogens is 290 g/mol. The van der Waals surface area contributed by atoms with Gasteiger partial charge in [-0.15, -0.1) is 11.3 Å². The highest BCUT2D eigenvalue weighted by molar-refractivity contribution is 8.00. The van der Waals surface area contributed by atoms with E-state index in [0.717, 1.165) is 22.6 Å². The molecule has 0 unspecified atom stereocenters. The molecule has 0 spiro atoms. The average molecular weight is 309 g/mol. The van der Waals surface area contributed by atoms with Gasteiger partial charge < -0.3 is 5.32 Å². The summed E-state index contributed by atoms with van der Waals surface area (Å²) >= 11 is 3.62. The first-order valence-electron chi connectivity index (χ1n) is 6.70. The molecule has 0 bridgehead atoms. The van der Waals surface area contributed by atoms with E-state index in [-0.39, 0.29) is 0 Å². The molecule has 2 aromatic heterocycles. The van der Waals surface area contributed by atoms with Crippen molar-refractivity contribution in [3.05, 3.63) is 10.9 Å². The monoisotopic (exact) mass is 309 g/mol. The number of anilines is 2. The first-order chi connectivity index (χ1) is 9.65. The number of nitrogens with zero attached hydrogens (tertiary/aromatic N) is 2. The van der Waals surface area contributed by atoms with E-state index in [1.54, 1.807) is 11.3 Å². The molecule has 20 heavy (non-hydrogen) atoms. The van der Waals surface area contributed by atoms with E-state index in [0.29, 0.717) is 10.7 Å². The first-order valence-corrected chi connectivity index (χ1v) is 8.74. The van der Waals surface area contributed by atoms with Crippen LogP contribution in [0.3, 0.4) is 0 Å². The third-order valence-corrected chi connectivity index (χ3v) is 6.28. The van der Waals surface area contributed by atoms with Crippen LogP contribution in [-0.4, -0.2) is 27.5 Å². The number of nitrogens with one attached hydrogen (secondary N) is 2. The van der Waals surface area contributed by atoms with Gasteiger partial charge in [0, 0.05) is 16.2 Å². The Kier molecular flexibility index (Phi) is 3.74. The molecule has 1 saturated carbocycles. The second-order valence-corrected chi connectivity index (χ2v) is 7.72. The van der Waals surface area contributed by atoms with Gasteiger partial charge in [0.2, 0.25) is 5.95 Å². The van der Waals surface area contributed by atoms with Gasteiger partial charge in [-0.2, -0.15) is 16.7 Å². The summed E-state index contributed by atoms with van der Waals surface area (Å²) in [6, 6.07) is 2.13. The Morgan fingerprint density at radius 1 is 1.45 bits per heavy atom. The lowest BCUT2D eigenvalue weighted by molar-refractivity contribution is 0.380. The molecule has 108 valence electrons. The zero-order valence-electron chi connectivity index (χ0n) is 11.7. The normalized spacial score (nSPS) is 16.9.